The van der Waals surface area contributed by atoms with E-state index in [0.29, 0.717) is 24.8 Å². The SMILES string of the molecule is CC(C)(C)OC(=O)N1CC[C@H](Oc2cncc(N)n2)C1. The van der Waals surface area contributed by atoms with Gasteiger partial charge in [-0.2, -0.15) is 4.98 Å². The van der Waals surface area contributed by atoms with Crippen LogP contribution < -0.4 is 10.5 Å². The molecule has 20 heavy (non-hydrogen) atoms. The third-order valence-corrected chi connectivity index (χ3v) is 2.72. The quantitative estimate of drug-likeness (QED) is 0.881. The first-order valence-electron chi connectivity index (χ1n) is 6.55. The molecular formula is C13H20N4O3. The number of carbonyl (C=O) groups excluding carboxylic acids is 1. The fourth-order valence-electron chi connectivity index (χ4n) is 1.91. The monoisotopic (exact) mass is 280 g/mol. The molecule has 7 heteroatoms. The Kier molecular flexibility index (Phi) is 3.96. The van der Waals surface area contributed by atoms with E-state index < -0.39 is 5.60 Å². The minimum absolute atomic E-state index is 0.112. The van der Waals surface area contributed by atoms with Gasteiger partial charge in [-0.3, -0.25) is 4.98 Å². The van der Waals surface area contributed by atoms with E-state index in [1.807, 2.05) is 20.8 Å². The van der Waals surface area contributed by atoms with Crippen LogP contribution >= 0.6 is 0 Å². The highest BCUT2D eigenvalue weighted by atomic mass is 16.6. The van der Waals surface area contributed by atoms with E-state index in [1.165, 1.54) is 12.4 Å². The Bertz CT molecular complexity index is 487. The molecule has 1 aromatic heterocycles. The Morgan fingerprint density at radius 2 is 2.20 bits per heavy atom. The van der Waals surface area contributed by atoms with Crippen molar-refractivity contribution in [2.45, 2.75) is 38.9 Å². The van der Waals surface area contributed by atoms with Gasteiger partial charge in [0, 0.05) is 13.0 Å². The van der Waals surface area contributed by atoms with Crippen LogP contribution in [0, 0.1) is 0 Å². The number of rotatable bonds is 2. The number of nitrogens with zero attached hydrogens (tertiary/aromatic N) is 3. The Labute approximate surface area is 118 Å². The highest BCUT2D eigenvalue weighted by Crippen LogP contribution is 2.19. The molecule has 1 atom stereocenters. The molecule has 0 saturated carbocycles. The van der Waals surface area contributed by atoms with E-state index in [9.17, 15) is 4.79 Å². The van der Waals surface area contributed by atoms with Crippen LogP contribution in [0.3, 0.4) is 0 Å². The van der Waals surface area contributed by atoms with Gasteiger partial charge in [-0.15, -0.1) is 0 Å². The first kappa shape index (κ1) is 14.4. The zero-order chi connectivity index (χ0) is 14.8. The molecule has 7 nitrogen and oxygen atoms in total. The summed E-state index contributed by atoms with van der Waals surface area (Å²) in [5.41, 5.74) is 5.05. The van der Waals surface area contributed by atoms with E-state index in [4.69, 9.17) is 15.2 Å². The van der Waals surface area contributed by atoms with Crippen LogP contribution in [0.4, 0.5) is 10.6 Å². The summed E-state index contributed by atoms with van der Waals surface area (Å²) in [6, 6.07) is 0. The van der Waals surface area contributed by atoms with Gasteiger partial charge >= 0.3 is 6.09 Å². The summed E-state index contributed by atoms with van der Waals surface area (Å²) in [7, 11) is 0. The maximum atomic E-state index is 11.9. The van der Waals surface area contributed by atoms with Gasteiger partial charge in [-0.25, -0.2) is 4.79 Å². The van der Waals surface area contributed by atoms with Crippen LogP contribution in [-0.2, 0) is 4.74 Å². The number of ether oxygens (including phenoxy) is 2. The summed E-state index contributed by atoms with van der Waals surface area (Å²) < 4.78 is 11.0. The van der Waals surface area contributed by atoms with E-state index in [1.54, 1.807) is 4.90 Å². The van der Waals surface area contributed by atoms with Crippen molar-refractivity contribution in [2.24, 2.45) is 0 Å². The zero-order valence-electron chi connectivity index (χ0n) is 12.0. The Morgan fingerprint density at radius 3 is 2.85 bits per heavy atom. The number of anilines is 1. The number of nitrogens with two attached hydrogens (primary N) is 1. The average Bonchev–Trinajstić information content (AvgIpc) is 2.75. The largest absolute Gasteiger partial charge is 0.471 e. The molecule has 2 N–H and O–H groups in total. The van der Waals surface area contributed by atoms with Gasteiger partial charge in [0.15, 0.2) is 0 Å². The third kappa shape index (κ3) is 3.97. The second kappa shape index (κ2) is 5.52. The van der Waals surface area contributed by atoms with E-state index >= 15 is 0 Å². The minimum atomic E-state index is -0.491. The lowest BCUT2D eigenvalue weighted by Crippen LogP contribution is -2.36. The van der Waals surface area contributed by atoms with Crippen molar-refractivity contribution >= 4 is 11.9 Å². The van der Waals surface area contributed by atoms with Crippen LogP contribution in [-0.4, -0.2) is 45.8 Å². The molecule has 0 bridgehead atoms. The molecule has 1 amide bonds. The first-order chi connectivity index (χ1) is 9.33. The molecule has 0 aliphatic carbocycles. The highest BCUT2D eigenvalue weighted by Gasteiger charge is 2.31. The molecule has 1 aliphatic rings. The summed E-state index contributed by atoms with van der Waals surface area (Å²) >= 11 is 0. The van der Waals surface area contributed by atoms with Crippen LogP contribution in [0.25, 0.3) is 0 Å². The van der Waals surface area contributed by atoms with E-state index in [2.05, 4.69) is 9.97 Å². The molecule has 1 fully saturated rings. The van der Waals surface area contributed by atoms with Crippen molar-refractivity contribution < 1.29 is 14.3 Å². The van der Waals surface area contributed by atoms with Gasteiger partial charge in [0.25, 0.3) is 0 Å². The van der Waals surface area contributed by atoms with Crippen LogP contribution in [0.1, 0.15) is 27.2 Å². The molecule has 2 heterocycles. The number of likely N-dealkylation sites (tertiary alicyclic amines) is 1. The second-order valence-electron chi connectivity index (χ2n) is 5.74. The second-order valence-corrected chi connectivity index (χ2v) is 5.74. The Morgan fingerprint density at radius 1 is 1.45 bits per heavy atom. The van der Waals surface area contributed by atoms with Crippen molar-refractivity contribution in [3.05, 3.63) is 12.4 Å². The lowest BCUT2D eigenvalue weighted by atomic mass is 10.2. The lowest BCUT2D eigenvalue weighted by molar-refractivity contribution is 0.0275. The summed E-state index contributed by atoms with van der Waals surface area (Å²) in [6.07, 6.45) is 3.26. The number of nitrogen functional groups attached to an aromatic ring is 1. The highest BCUT2D eigenvalue weighted by molar-refractivity contribution is 5.68. The fourth-order valence-corrected chi connectivity index (χ4v) is 1.91. The van der Waals surface area contributed by atoms with Crippen molar-refractivity contribution in [2.75, 3.05) is 18.8 Å². The average molecular weight is 280 g/mol. The molecule has 0 aromatic carbocycles. The Balaban J connectivity index is 1.88. The number of amides is 1. The number of carbonyl (C=O) groups is 1. The first-order valence-corrected chi connectivity index (χ1v) is 6.55. The summed E-state index contributed by atoms with van der Waals surface area (Å²) in [5, 5.41) is 0. The van der Waals surface area contributed by atoms with Crippen molar-refractivity contribution in [1.29, 1.82) is 0 Å². The predicted molar refractivity (Wildman–Crippen MR) is 73.3 cm³/mol. The standard InChI is InChI=1S/C13H20N4O3/c1-13(2,3)20-12(18)17-5-4-9(8-17)19-11-7-15-6-10(14)16-11/h6-7,9H,4-5,8H2,1-3H3,(H2,14,16)/t9-/m0/s1. The molecule has 1 aliphatic heterocycles. The smallest absolute Gasteiger partial charge is 0.410 e. The summed E-state index contributed by atoms with van der Waals surface area (Å²) in [4.78, 5) is 21.5. The maximum absolute atomic E-state index is 11.9. The molecule has 0 radical (unpaired) electrons. The van der Waals surface area contributed by atoms with Gasteiger partial charge in [-0.1, -0.05) is 0 Å². The van der Waals surface area contributed by atoms with Gasteiger partial charge in [-0.05, 0) is 20.8 Å². The molecular weight excluding hydrogens is 260 g/mol. The third-order valence-electron chi connectivity index (χ3n) is 2.72. The maximum Gasteiger partial charge on any atom is 0.410 e. The van der Waals surface area contributed by atoms with Crippen molar-refractivity contribution in [3.63, 3.8) is 0 Å². The Hall–Kier alpha value is -2.05. The molecule has 1 aromatic rings. The molecule has 110 valence electrons. The van der Waals surface area contributed by atoms with Crippen molar-refractivity contribution in [3.8, 4) is 5.88 Å². The van der Waals surface area contributed by atoms with Gasteiger partial charge < -0.3 is 20.1 Å². The zero-order valence-corrected chi connectivity index (χ0v) is 12.0. The molecule has 1 saturated heterocycles. The fraction of sp³-hybridized carbons (Fsp3) is 0.615. The number of aromatic nitrogens is 2. The van der Waals surface area contributed by atoms with E-state index in [-0.39, 0.29) is 12.2 Å². The normalized spacial score (nSPS) is 18.9. The number of hydrogen-bond donors (Lipinski definition) is 1. The van der Waals surface area contributed by atoms with Gasteiger partial charge in [0.1, 0.15) is 17.5 Å². The lowest BCUT2D eigenvalue weighted by Gasteiger charge is -2.24. The molecule has 0 spiro atoms. The number of hydrogen-bond acceptors (Lipinski definition) is 6. The van der Waals surface area contributed by atoms with E-state index in [0.717, 1.165) is 6.42 Å². The summed E-state index contributed by atoms with van der Waals surface area (Å²) in [5.74, 6) is 0.686. The topological polar surface area (TPSA) is 90.6 Å². The van der Waals surface area contributed by atoms with Crippen LogP contribution in [0.15, 0.2) is 12.4 Å². The minimum Gasteiger partial charge on any atom is -0.471 e. The van der Waals surface area contributed by atoms with Crippen LogP contribution in [0.5, 0.6) is 5.88 Å². The van der Waals surface area contributed by atoms with Crippen molar-refractivity contribution in [1.82, 2.24) is 14.9 Å². The molecule has 0 unspecified atom stereocenters. The summed E-state index contributed by atoms with van der Waals surface area (Å²) in [6.45, 7) is 6.62. The van der Waals surface area contributed by atoms with Gasteiger partial charge in [0.2, 0.25) is 5.88 Å². The van der Waals surface area contributed by atoms with Crippen LogP contribution in [0.2, 0.25) is 0 Å². The predicted octanol–water partition coefficient (Wildman–Crippen LogP) is 1.45. The van der Waals surface area contributed by atoms with Gasteiger partial charge in [0.05, 0.1) is 18.9 Å². The molecule has 2 rings (SSSR count).